The molecule has 3 atom stereocenters. The molecule has 1 N–H and O–H groups in total. The molecule has 1 aliphatic heterocycles. The number of hydrogen-bond acceptors (Lipinski definition) is 11. The minimum absolute atomic E-state index is 0. The van der Waals surface area contributed by atoms with E-state index in [0.717, 1.165) is 18.7 Å². The van der Waals surface area contributed by atoms with Crippen LogP contribution in [-0.4, -0.2) is 58.3 Å². The number of carbonyl (C=O) groups is 2. The summed E-state index contributed by atoms with van der Waals surface area (Å²) in [7, 11) is -10.8. The van der Waals surface area contributed by atoms with Crippen LogP contribution < -0.4 is 68.9 Å². The number of carbonyl (C=O) groups excluding carboxylic acids is 2. The van der Waals surface area contributed by atoms with Crippen molar-refractivity contribution in [1.29, 1.82) is 0 Å². The molecule has 0 saturated carbocycles. The second-order valence-corrected chi connectivity index (χ2v) is 9.74. The number of thioether (sulfide) groups is 1. The fourth-order valence-electron chi connectivity index (χ4n) is 1.91. The van der Waals surface area contributed by atoms with Crippen molar-refractivity contribution in [3.63, 3.8) is 0 Å². The zero-order chi connectivity index (χ0) is 18.5. The Hall–Kier alpha value is 1.55. The molecule has 1 heterocycles. The summed E-state index contributed by atoms with van der Waals surface area (Å²) in [6.45, 7) is -0.331. The molecule has 0 aromatic carbocycles. The van der Waals surface area contributed by atoms with Crippen molar-refractivity contribution < 1.29 is 107 Å². The fourth-order valence-corrected chi connectivity index (χ4v) is 6.14. The van der Waals surface area contributed by atoms with Crippen LogP contribution in [0.2, 0.25) is 0 Å². The Kier molecular flexibility index (Phi) is 14.8. The van der Waals surface area contributed by atoms with Crippen LogP contribution in [0.1, 0.15) is 13.8 Å². The number of ether oxygens (including phenoxy) is 2. The molecule has 0 amide bonds. The van der Waals surface area contributed by atoms with Crippen molar-refractivity contribution in [3.05, 3.63) is 0 Å². The molecule has 1 saturated heterocycles. The molecule has 3 unspecified atom stereocenters. The van der Waals surface area contributed by atoms with Gasteiger partial charge in [-0.05, 0) is 0 Å². The smallest absolute Gasteiger partial charge is 0.777 e. The van der Waals surface area contributed by atoms with E-state index in [9.17, 15) is 33.4 Å². The second-order valence-electron chi connectivity index (χ2n) is 4.71. The molecule has 140 valence electrons. The number of rotatable bonds is 7. The Labute approximate surface area is 199 Å². The van der Waals surface area contributed by atoms with Crippen LogP contribution in [0.25, 0.3) is 0 Å². The van der Waals surface area contributed by atoms with E-state index in [1.54, 1.807) is 0 Å². The van der Waals surface area contributed by atoms with Crippen LogP contribution in [0.3, 0.4) is 0 Å². The maximum Gasteiger partial charge on any atom is 1.00 e. The first kappa shape index (κ1) is 29.7. The van der Waals surface area contributed by atoms with Crippen molar-refractivity contribution >= 4 is 38.9 Å². The van der Waals surface area contributed by atoms with Gasteiger partial charge in [-0.1, -0.05) is 0 Å². The van der Waals surface area contributed by atoms with Gasteiger partial charge in [0.25, 0.3) is 0 Å². The first-order chi connectivity index (χ1) is 10.9. The molecule has 1 fully saturated rings. The molecular weight excluding hydrogens is 434 g/mol. The van der Waals surface area contributed by atoms with Gasteiger partial charge in [-0.2, -0.15) is 11.8 Å². The van der Waals surface area contributed by atoms with Gasteiger partial charge in [-0.25, -0.2) is 0 Å². The van der Waals surface area contributed by atoms with Gasteiger partial charge in [0.2, 0.25) is 0 Å². The second kappa shape index (κ2) is 13.0. The molecular formula is C10H17NNa2O10P2S. The van der Waals surface area contributed by atoms with E-state index in [2.05, 4.69) is 14.0 Å². The molecule has 0 bridgehead atoms. The fraction of sp³-hybridized carbons (Fsp3) is 0.800. The number of esters is 2. The zero-order valence-electron chi connectivity index (χ0n) is 14.9. The summed E-state index contributed by atoms with van der Waals surface area (Å²) in [6.07, 6.45) is 0. The van der Waals surface area contributed by atoms with Crippen molar-refractivity contribution in [3.8, 4) is 0 Å². The molecule has 0 aromatic heterocycles. The average Bonchev–Trinajstić information content (AvgIpc) is 2.35. The van der Waals surface area contributed by atoms with Gasteiger partial charge in [-0.3, -0.25) is 19.0 Å². The van der Waals surface area contributed by atoms with E-state index in [0.29, 0.717) is 11.5 Å². The van der Waals surface area contributed by atoms with E-state index in [-0.39, 0.29) is 72.2 Å². The molecule has 0 aromatic rings. The summed E-state index contributed by atoms with van der Waals surface area (Å²) in [6, 6.07) is 0. The monoisotopic (exact) mass is 451 g/mol. The zero-order valence-corrected chi connectivity index (χ0v) is 21.5. The molecule has 0 aliphatic carbocycles. The standard InChI is InChI=1S/C10H19NO10P2S.2Na/c1-7(12)19-10(20-8(2)13)21-23(17,18)9(22(14,15)16)11-3-5-24-6-4-11;;/h9-10H,3-6H2,1-2H3,(H,17,18)(H2,14,15,16);;/q;2*+1/p-2. The predicted molar refractivity (Wildman–Crippen MR) is 78.5 cm³/mol. The molecule has 26 heavy (non-hydrogen) atoms. The molecule has 0 spiro atoms. The molecule has 0 radical (unpaired) electrons. The maximum atomic E-state index is 12.3. The molecule has 11 nitrogen and oxygen atoms in total. The van der Waals surface area contributed by atoms with Crippen molar-refractivity contribution in [2.24, 2.45) is 0 Å². The summed E-state index contributed by atoms with van der Waals surface area (Å²) in [5.41, 5.74) is -2.38. The van der Waals surface area contributed by atoms with Crippen LogP contribution in [0.5, 0.6) is 0 Å². The molecule has 16 heteroatoms. The van der Waals surface area contributed by atoms with E-state index in [1.807, 2.05) is 0 Å². The van der Waals surface area contributed by atoms with Crippen molar-refractivity contribution in [2.75, 3.05) is 24.6 Å². The Morgan fingerprint density at radius 1 is 1.08 bits per heavy atom. The van der Waals surface area contributed by atoms with E-state index in [4.69, 9.17) is 0 Å². The van der Waals surface area contributed by atoms with Gasteiger partial charge in [0.15, 0.2) is 15.2 Å². The van der Waals surface area contributed by atoms with Crippen molar-refractivity contribution in [2.45, 2.75) is 25.8 Å². The third-order valence-corrected chi connectivity index (χ3v) is 7.64. The Bertz CT molecular complexity index is 554. The van der Waals surface area contributed by atoms with E-state index >= 15 is 0 Å². The third kappa shape index (κ3) is 10.4. The van der Waals surface area contributed by atoms with Crippen LogP contribution in [0.15, 0.2) is 0 Å². The van der Waals surface area contributed by atoms with Crippen LogP contribution in [0.4, 0.5) is 0 Å². The van der Waals surface area contributed by atoms with Gasteiger partial charge in [0.1, 0.15) is 5.52 Å². The Morgan fingerprint density at radius 2 is 1.50 bits per heavy atom. The summed E-state index contributed by atoms with van der Waals surface area (Å²) in [5.74, 6) is -1.15. The maximum absolute atomic E-state index is 12.3. The third-order valence-electron chi connectivity index (χ3n) is 2.70. The first-order valence-electron chi connectivity index (χ1n) is 6.62. The quantitative estimate of drug-likeness (QED) is 0.168. The van der Waals surface area contributed by atoms with E-state index in [1.165, 1.54) is 11.8 Å². The summed E-state index contributed by atoms with van der Waals surface area (Å²) >= 11 is 1.48. The minimum atomic E-state index is -5.41. The van der Waals surface area contributed by atoms with Gasteiger partial charge in [0, 0.05) is 38.4 Å². The minimum Gasteiger partial charge on any atom is -0.777 e. The van der Waals surface area contributed by atoms with Crippen molar-refractivity contribution in [1.82, 2.24) is 4.90 Å². The number of hydrogen-bond donors (Lipinski definition) is 1. The normalized spacial score (nSPS) is 20.5. The average molecular weight is 451 g/mol. The number of nitrogens with zero attached hydrogens (tertiary/aromatic N) is 1. The van der Waals surface area contributed by atoms with Crippen LogP contribution in [0, 0.1) is 0 Å². The van der Waals surface area contributed by atoms with Gasteiger partial charge in [-0.15, -0.1) is 0 Å². The van der Waals surface area contributed by atoms with Gasteiger partial charge in [0.05, 0.1) is 0 Å². The first-order valence-corrected chi connectivity index (χ1v) is 11.0. The Balaban J connectivity index is 0. The Morgan fingerprint density at radius 3 is 1.85 bits per heavy atom. The van der Waals surface area contributed by atoms with E-state index < -0.39 is 39.1 Å². The molecule has 1 aliphatic rings. The van der Waals surface area contributed by atoms with Crippen LogP contribution in [-0.2, 0) is 32.7 Å². The van der Waals surface area contributed by atoms with Gasteiger partial charge < -0.3 is 33.3 Å². The summed E-state index contributed by atoms with van der Waals surface area (Å²) < 4.78 is 37.0. The molecule has 1 rings (SSSR count). The largest absolute Gasteiger partial charge is 1.00 e. The summed E-state index contributed by atoms with van der Waals surface area (Å²) in [4.78, 5) is 56.1. The SMILES string of the molecule is CC(=O)OC(OC(C)=O)OP(=O)([O-])C(N1CCSCC1)P(=O)([O-])O.[Na+].[Na+]. The topological polar surface area (TPSA) is 166 Å². The summed E-state index contributed by atoms with van der Waals surface area (Å²) in [5, 5.41) is 0. The predicted octanol–water partition coefficient (Wildman–Crippen LogP) is -7.15. The van der Waals surface area contributed by atoms with Gasteiger partial charge >= 0.3 is 77.5 Å². The van der Waals surface area contributed by atoms with Crippen LogP contribution >= 0.6 is 27.0 Å².